The minimum absolute atomic E-state index is 0.244. The maximum atomic E-state index is 10.6. The number of carbonyl (C=O) groups excluding carboxylic acids is 1. The van der Waals surface area contributed by atoms with Crippen LogP contribution in [0.2, 0.25) is 0 Å². The zero-order valence-electron chi connectivity index (χ0n) is 11.1. The molecule has 0 saturated carbocycles. The van der Waals surface area contributed by atoms with Gasteiger partial charge in [0.1, 0.15) is 5.75 Å². The van der Waals surface area contributed by atoms with Gasteiger partial charge in [0.15, 0.2) is 0 Å². The van der Waals surface area contributed by atoms with E-state index in [0.29, 0.717) is 12.5 Å². The van der Waals surface area contributed by atoms with Crippen molar-refractivity contribution >= 4 is 11.6 Å². The van der Waals surface area contributed by atoms with E-state index in [4.69, 9.17) is 10.5 Å². The monoisotopic (exact) mass is 250 g/mol. The lowest BCUT2D eigenvalue weighted by Gasteiger charge is -2.12. The molecule has 0 aliphatic rings. The molecule has 1 amide bonds. The van der Waals surface area contributed by atoms with Crippen LogP contribution in [0.1, 0.15) is 26.7 Å². The van der Waals surface area contributed by atoms with Crippen LogP contribution in [0.4, 0.5) is 5.69 Å². The van der Waals surface area contributed by atoms with Crippen LogP contribution in [-0.2, 0) is 4.79 Å². The SMILES string of the molecule is CCC(C)CNc1ccc(OCCC(N)=O)cc1. The molecule has 1 atom stereocenters. The molecule has 0 bridgehead atoms. The van der Waals surface area contributed by atoms with Gasteiger partial charge >= 0.3 is 0 Å². The maximum Gasteiger partial charge on any atom is 0.220 e. The van der Waals surface area contributed by atoms with Crippen LogP contribution in [0.3, 0.4) is 0 Å². The zero-order valence-corrected chi connectivity index (χ0v) is 11.1. The van der Waals surface area contributed by atoms with Crippen molar-refractivity contribution in [3.8, 4) is 5.75 Å². The summed E-state index contributed by atoms with van der Waals surface area (Å²) in [6, 6.07) is 7.73. The predicted octanol–water partition coefficient (Wildman–Crippen LogP) is 2.40. The molecule has 0 aliphatic heterocycles. The van der Waals surface area contributed by atoms with Gasteiger partial charge in [0.2, 0.25) is 5.91 Å². The number of hydrogen-bond donors (Lipinski definition) is 2. The second kappa shape index (κ2) is 7.58. The van der Waals surface area contributed by atoms with E-state index in [2.05, 4.69) is 19.2 Å². The number of nitrogens with two attached hydrogens (primary N) is 1. The van der Waals surface area contributed by atoms with Gasteiger partial charge in [0.25, 0.3) is 0 Å². The van der Waals surface area contributed by atoms with Crippen molar-refractivity contribution in [1.82, 2.24) is 0 Å². The van der Waals surface area contributed by atoms with Crippen molar-refractivity contribution in [3.05, 3.63) is 24.3 Å². The van der Waals surface area contributed by atoms with Crippen molar-refractivity contribution < 1.29 is 9.53 Å². The molecule has 4 nitrogen and oxygen atoms in total. The van der Waals surface area contributed by atoms with Crippen molar-refractivity contribution in [3.63, 3.8) is 0 Å². The summed E-state index contributed by atoms with van der Waals surface area (Å²) < 4.78 is 5.39. The Hall–Kier alpha value is -1.71. The number of ether oxygens (including phenoxy) is 1. The highest BCUT2D eigenvalue weighted by Gasteiger charge is 2.00. The van der Waals surface area contributed by atoms with Gasteiger partial charge in [-0.3, -0.25) is 4.79 Å². The van der Waals surface area contributed by atoms with E-state index in [9.17, 15) is 4.79 Å². The zero-order chi connectivity index (χ0) is 13.4. The summed E-state index contributed by atoms with van der Waals surface area (Å²) >= 11 is 0. The normalized spacial score (nSPS) is 11.9. The average molecular weight is 250 g/mol. The van der Waals surface area contributed by atoms with Gasteiger partial charge in [-0.25, -0.2) is 0 Å². The fourth-order valence-corrected chi connectivity index (χ4v) is 1.37. The van der Waals surface area contributed by atoms with Crippen LogP contribution < -0.4 is 15.8 Å². The smallest absolute Gasteiger partial charge is 0.220 e. The highest BCUT2D eigenvalue weighted by molar-refractivity contribution is 5.73. The van der Waals surface area contributed by atoms with Crippen LogP contribution >= 0.6 is 0 Å². The van der Waals surface area contributed by atoms with E-state index in [0.717, 1.165) is 18.0 Å². The number of amides is 1. The molecule has 100 valence electrons. The van der Waals surface area contributed by atoms with Crippen LogP contribution in [0, 0.1) is 5.92 Å². The molecule has 0 fully saturated rings. The second-order valence-corrected chi connectivity index (χ2v) is 4.48. The quantitative estimate of drug-likeness (QED) is 0.744. The number of benzene rings is 1. The molecule has 0 heterocycles. The lowest BCUT2D eigenvalue weighted by atomic mass is 10.1. The first-order valence-electron chi connectivity index (χ1n) is 6.37. The minimum Gasteiger partial charge on any atom is -0.493 e. The number of nitrogens with one attached hydrogen (secondary N) is 1. The number of rotatable bonds is 8. The Morgan fingerprint density at radius 1 is 1.39 bits per heavy atom. The van der Waals surface area contributed by atoms with Crippen molar-refractivity contribution in [1.29, 1.82) is 0 Å². The van der Waals surface area contributed by atoms with E-state index in [1.54, 1.807) is 0 Å². The first-order chi connectivity index (χ1) is 8.61. The first-order valence-corrected chi connectivity index (χ1v) is 6.37. The van der Waals surface area contributed by atoms with E-state index in [-0.39, 0.29) is 12.3 Å². The topological polar surface area (TPSA) is 64.3 Å². The third kappa shape index (κ3) is 5.57. The standard InChI is InChI=1S/C14H22N2O2/c1-3-11(2)10-16-12-4-6-13(7-5-12)18-9-8-14(15)17/h4-7,11,16H,3,8-10H2,1-2H3,(H2,15,17). The summed E-state index contributed by atoms with van der Waals surface area (Å²) in [4.78, 5) is 10.6. The molecule has 0 aromatic heterocycles. The fourth-order valence-electron chi connectivity index (χ4n) is 1.37. The number of carbonyl (C=O) groups is 1. The maximum absolute atomic E-state index is 10.6. The number of anilines is 1. The number of hydrogen-bond acceptors (Lipinski definition) is 3. The Balaban J connectivity index is 2.35. The highest BCUT2D eigenvalue weighted by Crippen LogP contribution is 2.16. The number of primary amides is 1. The summed E-state index contributed by atoms with van der Waals surface area (Å²) in [6.07, 6.45) is 1.41. The van der Waals surface area contributed by atoms with Gasteiger partial charge in [-0.15, -0.1) is 0 Å². The van der Waals surface area contributed by atoms with Crippen LogP contribution in [0.5, 0.6) is 5.75 Å². The molecule has 1 aromatic rings. The Kier molecular flexibility index (Phi) is 6.05. The summed E-state index contributed by atoms with van der Waals surface area (Å²) in [7, 11) is 0. The molecule has 18 heavy (non-hydrogen) atoms. The molecule has 0 aliphatic carbocycles. The largest absolute Gasteiger partial charge is 0.493 e. The van der Waals surface area contributed by atoms with Gasteiger partial charge < -0.3 is 15.8 Å². The Labute approximate surface area is 109 Å². The van der Waals surface area contributed by atoms with Gasteiger partial charge in [0.05, 0.1) is 13.0 Å². The highest BCUT2D eigenvalue weighted by atomic mass is 16.5. The first kappa shape index (κ1) is 14.4. The van der Waals surface area contributed by atoms with Gasteiger partial charge in [0, 0.05) is 12.2 Å². The molecule has 1 unspecified atom stereocenters. The molecule has 0 saturated heterocycles. The van der Waals surface area contributed by atoms with E-state index < -0.39 is 0 Å². The van der Waals surface area contributed by atoms with Crippen LogP contribution in [0.15, 0.2) is 24.3 Å². The molecule has 1 rings (SSSR count). The minimum atomic E-state index is -0.346. The average Bonchev–Trinajstić information content (AvgIpc) is 2.37. The van der Waals surface area contributed by atoms with E-state index >= 15 is 0 Å². The molecule has 3 N–H and O–H groups in total. The van der Waals surface area contributed by atoms with Gasteiger partial charge in [-0.1, -0.05) is 20.3 Å². The van der Waals surface area contributed by atoms with E-state index in [1.807, 2.05) is 24.3 Å². The van der Waals surface area contributed by atoms with Crippen molar-refractivity contribution in [2.75, 3.05) is 18.5 Å². The van der Waals surface area contributed by atoms with Gasteiger partial charge in [-0.05, 0) is 30.2 Å². The third-order valence-electron chi connectivity index (χ3n) is 2.82. The molecule has 0 radical (unpaired) electrons. The summed E-state index contributed by atoms with van der Waals surface area (Å²) in [6.45, 7) is 5.70. The third-order valence-corrected chi connectivity index (χ3v) is 2.82. The van der Waals surface area contributed by atoms with Crippen LogP contribution in [-0.4, -0.2) is 19.1 Å². The van der Waals surface area contributed by atoms with Crippen molar-refractivity contribution in [2.24, 2.45) is 11.7 Å². The summed E-state index contributed by atoms with van der Waals surface area (Å²) in [5, 5.41) is 3.37. The summed E-state index contributed by atoms with van der Waals surface area (Å²) in [5.74, 6) is 1.07. The molecule has 0 spiro atoms. The molecule has 4 heteroatoms. The van der Waals surface area contributed by atoms with Crippen molar-refractivity contribution in [2.45, 2.75) is 26.7 Å². The lowest BCUT2D eigenvalue weighted by Crippen LogP contribution is -2.14. The fraction of sp³-hybridized carbons (Fsp3) is 0.500. The lowest BCUT2D eigenvalue weighted by molar-refractivity contribution is -0.118. The predicted molar refractivity (Wildman–Crippen MR) is 73.7 cm³/mol. The Morgan fingerprint density at radius 2 is 2.06 bits per heavy atom. The second-order valence-electron chi connectivity index (χ2n) is 4.48. The summed E-state index contributed by atoms with van der Waals surface area (Å²) in [5.41, 5.74) is 6.11. The van der Waals surface area contributed by atoms with Crippen LogP contribution in [0.25, 0.3) is 0 Å². The van der Waals surface area contributed by atoms with Gasteiger partial charge in [-0.2, -0.15) is 0 Å². The molecular weight excluding hydrogens is 228 g/mol. The Bertz CT molecular complexity index is 363. The molecular formula is C14H22N2O2. The Morgan fingerprint density at radius 3 is 2.61 bits per heavy atom. The van der Waals surface area contributed by atoms with E-state index in [1.165, 1.54) is 6.42 Å². The molecule has 1 aromatic carbocycles.